The predicted octanol–water partition coefficient (Wildman–Crippen LogP) is 5.03. The number of carbonyl (C=O) groups excluding carboxylic acids is 2. The van der Waals surface area contributed by atoms with Gasteiger partial charge in [0.25, 0.3) is 0 Å². The maximum atomic E-state index is 13.6. The van der Waals surface area contributed by atoms with Crippen LogP contribution in [0.1, 0.15) is 40.7 Å². The van der Waals surface area contributed by atoms with E-state index in [1.807, 2.05) is 36.4 Å². The number of carbonyl (C=O) groups is 3. The van der Waals surface area contributed by atoms with Crippen LogP contribution in [-0.2, 0) is 9.53 Å². The van der Waals surface area contributed by atoms with Crippen LogP contribution >= 0.6 is 0 Å². The molecule has 180 valence electrons. The summed E-state index contributed by atoms with van der Waals surface area (Å²) in [4.78, 5) is 35.7. The van der Waals surface area contributed by atoms with Crippen molar-refractivity contribution in [3.05, 3.63) is 89.2 Å². The first-order valence-electron chi connectivity index (χ1n) is 11.3. The highest BCUT2D eigenvalue weighted by atomic mass is 19.1. The highest BCUT2D eigenvalue weighted by Crippen LogP contribution is 2.44. The van der Waals surface area contributed by atoms with E-state index in [1.54, 1.807) is 6.92 Å². The Kier molecular flexibility index (Phi) is 7.10. The lowest BCUT2D eigenvalue weighted by molar-refractivity contribution is -0.119. The smallest absolute Gasteiger partial charge is 0.407 e. The maximum absolute atomic E-state index is 13.6. The lowest BCUT2D eigenvalue weighted by atomic mass is 9.98. The van der Waals surface area contributed by atoms with Gasteiger partial charge in [-0.2, -0.15) is 0 Å². The lowest BCUT2D eigenvalue weighted by Gasteiger charge is -2.16. The molecule has 4 rings (SSSR count). The molecule has 0 aromatic heterocycles. The Labute approximate surface area is 201 Å². The molecule has 2 amide bonds. The number of hydrogen-bond donors (Lipinski definition) is 3. The van der Waals surface area contributed by atoms with Gasteiger partial charge < -0.3 is 20.5 Å². The highest BCUT2D eigenvalue weighted by Gasteiger charge is 2.29. The van der Waals surface area contributed by atoms with Gasteiger partial charge in [-0.3, -0.25) is 4.79 Å². The number of hydrogen-bond acceptors (Lipinski definition) is 4. The monoisotopic (exact) mass is 476 g/mol. The number of rotatable bonds is 8. The molecule has 0 spiro atoms. The number of carboxylic acid groups (broad SMARTS) is 1. The van der Waals surface area contributed by atoms with E-state index in [1.165, 1.54) is 6.07 Å². The molecule has 0 aliphatic heterocycles. The van der Waals surface area contributed by atoms with E-state index in [9.17, 15) is 18.8 Å². The number of benzene rings is 3. The number of anilines is 1. The van der Waals surface area contributed by atoms with Crippen LogP contribution in [0.15, 0.2) is 66.7 Å². The minimum atomic E-state index is -1.29. The molecule has 0 saturated carbocycles. The second kappa shape index (κ2) is 10.4. The van der Waals surface area contributed by atoms with Gasteiger partial charge in [0.1, 0.15) is 12.4 Å². The van der Waals surface area contributed by atoms with Gasteiger partial charge in [0, 0.05) is 24.1 Å². The van der Waals surface area contributed by atoms with Crippen molar-refractivity contribution >= 4 is 23.7 Å². The summed E-state index contributed by atoms with van der Waals surface area (Å²) in [5.41, 5.74) is 4.33. The minimum Gasteiger partial charge on any atom is -0.478 e. The van der Waals surface area contributed by atoms with E-state index in [0.717, 1.165) is 34.4 Å². The molecule has 0 fully saturated rings. The topological polar surface area (TPSA) is 105 Å². The molecule has 3 aromatic carbocycles. The third kappa shape index (κ3) is 5.48. The Morgan fingerprint density at radius 2 is 1.63 bits per heavy atom. The normalized spacial score (nSPS) is 12.9. The molecule has 3 aromatic rings. The molecule has 0 bridgehead atoms. The number of aromatic carboxylic acids is 1. The fourth-order valence-corrected chi connectivity index (χ4v) is 4.22. The Balaban J connectivity index is 1.26. The summed E-state index contributed by atoms with van der Waals surface area (Å²) in [6, 6.07) is 19.2. The number of fused-ring (bicyclic) bond motifs is 3. The molecule has 0 heterocycles. The summed E-state index contributed by atoms with van der Waals surface area (Å²) < 4.78 is 19.1. The molecular formula is C27H25FN2O5. The van der Waals surface area contributed by atoms with Gasteiger partial charge in [0.15, 0.2) is 0 Å². The van der Waals surface area contributed by atoms with Crippen LogP contribution in [0.25, 0.3) is 11.1 Å². The Morgan fingerprint density at radius 3 is 2.26 bits per heavy atom. The van der Waals surface area contributed by atoms with E-state index in [4.69, 9.17) is 9.84 Å². The summed E-state index contributed by atoms with van der Waals surface area (Å²) in [7, 11) is 0. The third-order valence-electron chi connectivity index (χ3n) is 6.05. The van der Waals surface area contributed by atoms with Crippen molar-refractivity contribution in [1.82, 2.24) is 5.32 Å². The summed E-state index contributed by atoms with van der Waals surface area (Å²) in [6.45, 7) is 2.06. The molecule has 1 unspecified atom stereocenters. The van der Waals surface area contributed by atoms with Gasteiger partial charge >= 0.3 is 12.1 Å². The molecule has 8 heteroatoms. The molecular weight excluding hydrogens is 451 g/mol. The zero-order valence-corrected chi connectivity index (χ0v) is 19.1. The second-order valence-electron chi connectivity index (χ2n) is 8.47. The highest BCUT2D eigenvalue weighted by molar-refractivity contribution is 5.95. The number of nitrogens with one attached hydrogen (secondary N) is 2. The fourth-order valence-electron chi connectivity index (χ4n) is 4.22. The Hall–Kier alpha value is -4.20. The van der Waals surface area contributed by atoms with E-state index in [2.05, 4.69) is 22.8 Å². The lowest BCUT2D eigenvalue weighted by Crippen LogP contribution is -2.30. The molecule has 1 atom stereocenters. The first kappa shape index (κ1) is 23.9. The van der Waals surface area contributed by atoms with Gasteiger partial charge in [-0.1, -0.05) is 55.5 Å². The standard InChI is InChI=1S/C27H25FN2O5/c1-16(25(31)30-19-13-17(26(32)33)12-18(28)14-19)10-11-29-27(34)35-15-24-22-8-4-2-6-20(22)21-7-3-5-9-23(21)24/h2-9,12-14,16,24H,10-11,15H2,1H3,(H,29,34)(H,30,31)(H,32,33). The number of ether oxygens (including phenoxy) is 1. The first-order chi connectivity index (χ1) is 16.8. The summed E-state index contributed by atoms with van der Waals surface area (Å²) in [5.74, 6) is -3.02. The van der Waals surface area contributed by atoms with Gasteiger partial charge in [-0.05, 0) is 46.9 Å². The average Bonchev–Trinajstić information content (AvgIpc) is 3.16. The quantitative estimate of drug-likeness (QED) is 0.423. The predicted molar refractivity (Wildman–Crippen MR) is 129 cm³/mol. The van der Waals surface area contributed by atoms with Crippen LogP contribution in [0.3, 0.4) is 0 Å². The zero-order chi connectivity index (χ0) is 24.9. The van der Waals surface area contributed by atoms with Crippen LogP contribution in [0.5, 0.6) is 0 Å². The first-order valence-corrected chi connectivity index (χ1v) is 11.3. The Bertz CT molecular complexity index is 1230. The molecule has 35 heavy (non-hydrogen) atoms. The largest absolute Gasteiger partial charge is 0.478 e. The molecule has 1 aliphatic rings. The molecule has 1 aliphatic carbocycles. The van der Waals surface area contributed by atoms with E-state index >= 15 is 0 Å². The number of carboxylic acids is 1. The molecule has 3 N–H and O–H groups in total. The summed E-state index contributed by atoms with van der Waals surface area (Å²) >= 11 is 0. The number of amides is 2. The van der Waals surface area contributed by atoms with Crippen molar-refractivity contribution in [3.63, 3.8) is 0 Å². The van der Waals surface area contributed by atoms with Crippen molar-refractivity contribution in [2.45, 2.75) is 19.3 Å². The zero-order valence-electron chi connectivity index (χ0n) is 19.1. The van der Waals surface area contributed by atoms with Crippen molar-refractivity contribution in [2.75, 3.05) is 18.5 Å². The number of halogens is 1. The summed E-state index contributed by atoms with van der Waals surface area (Å²) in [5, 5.41) is 14.2. The van der Waals surface area contributed by atoms with Gasteiger partial charge in [-0.15, -0.1) is 0 Å². The number of alkyl carbamates (subject to hydrolysis) is 1. The van der Waals surface area contributed by atoms with Crippen LogP contribution in [0, 0.1) is 11.7 Å². The van der Waals surface area contributed by atoms with Crippen LogP contribution < -0.4 is 10.6 Å². The van der Waals surface area contributed by atoms with Crippen LogP contribution in [0.2, 0.25) is 0 Å². The van der Waals surface area contributed by atoms with E-state index in [-0.39, 0.29) is 30.3 Å². The average molecular weight is 477 g/mol. The van der Waals surface area contributed by atoms with E-state index < -0.39 is 29.7 Å². The maximum Gasteiger partial charge on any atom is 0.407 e. The van der Waals surface area contributed by atoms with Gasteiger partial charge in [0.05, 0.1) is 5.56 Å². The van der Waals surface area contributed by atoms with Crippen molar-refractivity contribution < 1.29 is 28.6 Å². The molecule has 0 radical (unpaired) electrons. The minimum absolute atomic E-state index is 0.0418. The van der Waals surface area contributed by atoms with Crippen LogP contribution in [-0.4, -0.2) is 36.2 Å². The van der Waals surface area contributed by atoms with Gasteiger partial charge in [0.2, 0.25) is 5.91 Å². The Morgan fingerprint density at radius 1 is 1.00 bits per heavy atom. The fraction of sp³-hybridized carbons (Fsp3) is 0.222. The third-order valence-corrected chi connectivity index (χ3v) is 6.05. The van der Waals surface area contributed by atoms with E-state index in [0.29, 0.717) is 6.42 Å². The van der Waals surface area contributed by atoms with Crippen LogP contribution in [0.4, 0.5) is 14.9 Å². The molecule has 0 saturated heterocycles. The van der Waals surface area contributed by atoms with Crippen molar-refractivity contribution in [3.8, 4) is 11.1 Å². The SMILES string of the molecule is CC(CCNC(=O)OCC1c2ccccc2-c2ccccc21)C(=O)Nc1cc(F)cc(C(=O)O)c1. The summed E-state index contributed by atoms with van der Waals surface area (Å²) in [6.07, 6.45) is -0.257. The van der Waals surface area contributed by atoms with Gasteiger partial charge in [-0.25, -0.2) is 14.0 Å². The second-order valence-corrected chi connectivity index (χ2v) is 8.47. The molecule has 7 nitrogen and oxygen atoms in total. The van der Waals surface area contributed by atoms with Crippen molar-refractivity contribution in [1.29, 1.82) is 0 Å². The van der Waals surface area contributed by atoms with Crippen molar-refractivity contribution in [2.24, 2.45) is 5.92 Å².